The van der Waals surface area contributed by atoms with Gasteiger partial charge in [-0.05, 0) is 43.1 Å². The van der Waals surface area contributed by atoms with Crippen molar-refractivity contribution in [3.05, 3.63) is 34.9 Å². The average molecular weight is 267 g/mol. The number of hydrogen-bond donors (Lipinski definition) is 1. The highest BCUT2D eigenvalue weighted by molar-refractivity contribution is 6.30. The van der Waals surface area contributed by atoms with Gasteiger partial charge in [0.2, 0.25) is 0 Å². The smallest absolute Gasteiger partial charge is 0.0409 e. The van der Waals surface area contributed by atoms with Gasteiger partial charge in [0.1, 0.15) is 0 Å². The van der Waals surface area contributed by atoms with Crippen LogP contribution in [0.5, 0.6) is 0 Å². The fourth-order valence-corrected chi connectivity index (χ4v) is 2.72. The van der Waals surface area contributed by atoms with Crippen LogP contribution in [0.4, 0.5) is 0 Å². The Labute approximate surface area is 115 Å². The number of nitrogens with one attached hydrogen (secondary N) is 1. The molecule has 1 atom stereocenters. The van der Waals surface area contributed by atoms with E-state index >= 15 is 0 Å². The Balaban J connectivity index is 1.99. The Hall–Kier alpha value is -0.570. The lowest BCUT2D eigenvalue weighted by atomic mass is 10.0. The molecule has 1 aliphatic heterocycles. The molecule has 1 fully saturated rings. The van der Waals surface area contributed by atoms with Crippen molar-refractivity contribution in [2.24, 2.45) is 5.92 Å². The highest BCUT2D eigenvalue weighted by Gasteiger charge is 2.20. The summed E-state index contributed by atoms with van der Waals surface area (Å²) in [6.07, 6.45) is 1.23. The van der Waals surface area contributed by atoms with Crippen molar-refractivity contribution in [1.82, 2.24) is 10.2 Å². The van der Waals surface area contributed by atoms with E-state index < -0.39 is 0 Å². The molecule has 2 rings (SSSR count). The van der Waals surface area contributed by atoms with Gasteiger partial charge >= 0.3 is 0 Å². The van der Waals surface area contributed by atoms with Crippen molar-refractivity contribution in [1.29, 1.82) is 0 Å². The SMILES string of the molecule is CC(C)C1CN(Cc2cccc(Cl)c2)CCCN1. The van der Waals surface area contributed by atoms with E-state index in [1.165, 1.54) is 18.5 Å². The molecule has 0 spiro atoms. The second-order valence-electron chi connectivity index (χ2n) is 5.52. The Kier molecular flexibility index (Phi) is 5.04. The number of benzene rings is 1. The van der Waals surface area contributed by atoms with E-state index in [4.69, 9.17) is 11.6 Å². The normalized spacial score (nSPS) is 22.1. The minimum atomic E-state index is 0.603. The number of hydrogen-bond acceptors (Lipinski definition) is 2. The standard InChI is InChI=1S/C15H23ClN2/c1-12(2)15-11-18(8-4-7-17-15)10-13-5-3-6-14(16)9-13/h3,5-6,9,12,15,17H,4,7-8,10-11H2,1-2H3. The largest absolute Gasteiger partial charge is 0.312 e. The summed E-state index contributed by atoms with van der Waals surface area (Å²) >= 11 is 6.04. The zero-order chi connectivity index (χ0) is 13.0. The van der Waals surface area contributed by atoms with E-state index in [9.17, 15) is 0 Å². The average Bonchev–Trinajstić information content (AvgIpc) is 2.55. The Morgan fingerprint density at radius 3 is 3.00 bits per heavy atom. The van der Waals surface area contributed by atoms with Gasteiger partial charge in [-0.15, -0.1) is 0 Å². The molecule has 18 heavy (non-hydrogen) atoms. The monoisotopic (exact) mass is 266 g/mol. The Bertz CT molecular complexity index is 379. The minimum absolute atomic E-state index is 0.603. The van der Waals surface area contributed by atoms with Gasteiger partial charge in [-0.2, -0.15) is 0 Å². The molecule has 1 heterocycles. The van der Waals surface area contributed by atoms with Gasteiger partial charge < -0.3 is 5.32 Å². The van der Waals surface area contributed by atoms with Crippen LogP contribution in [-0.4, -0.2) is 30.6 Å². The van der Waals surface area contributed by atoms with Crippen LogP contribution < -0.4 is 5.32 Å². The second kappa shape index (κ2) is 6.55. The molecule has 1 aromatic carbocycles. The molecule has 0 radical (unpaired) electrons. The highest BCUT2D eigenvalue weighted by atomic mass is 35.5. The predicted molar refractivity (Wildman–Crippen MR) is 78.0 cm³/mol. The Morgan fingerprint density at radius 1 is 1.44 bits per heavy atom. The molecule has 3 heteroatoms. The van der Waals surface area contributed by atoms with Gasteiger partial charge in [0, 0.05) is 24.2 Å². The van der Waals surface area contributed by atoms with E-state index in [1.54, 1.807) is 0 Å². The van der Waals surface area contributed by atoms with Crippen molar-refractivity contribution >= 4 is 11.6 Å². The summed E-state index contributed by atoms with van der Waals surface area (Å²) in [6.45, 7) is 9.02. The van der Waals surface area contributed by atoms with Crippen LogP contribution in [-0.2, 0) is 6.54 Å². The number of rotatable bonds is 3. The summed E-state index contributed by atoms with van der Waals surface area (Å²) < 4.78 is 0. The Morgan fingerprint density at radius 2 is 2.28 bits per heavy atom. The topological polar surface area (TPSA) is 15.3 Å². The van der Waals surface area contributed by atoms with Crippen LogP contribution in [0.15, 0.2) is 24.3 Å². The maximum Gasteiger partial charge on any atom is 0.0409 e. The van der Waals surface area contributed by atoms with Crippen LogP contribution in [0.3, 0.4) is 0 Å². The van der Waals surface area contributed by atoms with E-state index in [2.05, 4.69) is 36.2 Å². The first-order valence-electron chi connectivity index (χ1n) is 6.85. The summed E-state index contributed by atoms with van der Waals surface area (Å²) in [5.74, 6) is 0.685. The second-order valence-corrected chi connectivity index (χ2v) is 5.96. The van der Waals surface area contributed by atoms with E-state index in [-0.39, 0.29) is 0 Å². The fourth-order valence-electron chi connectivity index (χ4n) is 2.51. The molecule has 1 aromatic rings. The molecule has 1 aliphatic rings. The third-order valence-electron chi connectivity index (χ3n) is 3.61. The molecule has 1 unspecified atom stereocenters. The summed E-state index contributed by atoms with van der Waals surface area (Å²) in [7, 11) is 0. The molecule has 100 valence electrons. The summed E-state index contributed by atoms with van der Waals surface area (Å²) in [5, 5.41) is 4.47. The van der Waals surface area contributed by atoms with Gasteiger partial charge in [-0.25, -0.2) is 0 Å². The quantitative estimate of drug-likeness (QED) is 0.904. The molecular formula is C15H23ClN2. The van der Waals surface area contributed by atoms with E-state index in [0.717, 1.165) is 24.7 Å². The van der Waals surface area contributed by atoms with Crippen LogP contribution in [0.1, 0.15) is 25.8 Å². The molecule has 1 saturated heterocycles. The molecule has 2 nitrogen and oxygen atoms in total. The molecule has 0 amide bonds. The van der Waals surface area contributed by atoms with E-state index in [1.807, 2.05) is 12.1 Å². The molecule has 0 aliphatic carbocycles. The molecule has 0 saturated carbocycles. The maximum absolute atomic E-state index is 6.04. The third-order valence-corrected chi connectivity index (χ3v) is 3.85. The first kappa shape index (κ1) is 13.9. The molecule has 0 aromatic heterocycles. The highest BCUT2D eigenvalue weighted by Crippen LogP contribution is 2.15. The number of nitrogens with zero attached hydrogens (tertiary/aromatic N) is 1. The predicted octanol–water partition coefficient (Wildman–Crippen LogP) is 3.16. The molecular weight excluding hydrogens is 244 g/mol. The fraction of sp³-hybridized carbons (Fsp3) is 0.600. The molecule has 0 bridgehead atoms. The van der Waals surface area contributed by atoms with Gasteiger partial charge in [-0.1, -0.05) is 37.6 Å². The van der Waals surface area contributed by atoms with Crippen molar-refractivity contribution in [3.8, 4) is 0 Å². The molecule has 1 N–H and O–H groups in total. The van der Waals surface area contributed by atoms with Crippen LogP contribution >= 0.6 is 11.6 Å². The third kappa shape index (κ3) is 3.98. The maximum atomic E-state index is 6.04. The van der Waals surface area contributed by atoms with Crippen molar-refractivity contribution in [3.63, 3.8) is 0 Å². The summed E-state index contributed by atoms with van der Waals surface area (Å²) in [6, 6.07) is 8.81. The van der Waals surface area contributed by atoms with Crippen LogP contribution in [0.25, 0.3) is 0 Å². The van der Waals surface area contributed by atoms with Crippen LogP contribution in [0, 0.1) is 5.92 Å². The minimum Gasteiger partial charge on any atom is -0.312 e. The zero-order valence-corrected chi connectivity index (χ0v) is 12.1. The first-order chi connectivity index (χ1) is 8.65. The zero-order valence-electron chi connectivity index (χ0n) is 11.3. The van der Waals surface area contributed by atoms with Gasteiger partial charge in [0.15, 0.2) is 0 Å². The number of halogens is 1. The van der Waals surface area contributed by atoms with Gasteiger partial charge in [0.05, 0.1) is 0 Å². The van der Waals surface area contributed by atoms with Crippen molar-refractivity contribution in [2.75, 3.05) is 19.6 Å². The van der Waals surface area contributed by atoms with Crippen molar-refractivity contribution < 1.29 is 0 Å². The lowest BCUT2D eigenvalue weighted by Crippen LogP contribution is -2.40. The summed E-state index contributed by atoms with van der Waals surface area (Å²) in [5.41, 5.74) is 1.31. The van der Waals surface area contributed by atoms with E-state index in [0.29, 0.717) is 12.0 Å². The van der Waals surface area contributed by atoms with Gasteiger partial charge in [-0.3, -0.25) is 4.90 Å². The van der Waals surface area contributed by atoms with Gasteiger partial charge in [0.25, 0.3) is 0 Å². The first-order valence-corrected chi connectivity index (χ1v) is 7.23. The summed E-state index contributed by atoms with van der Waals surface area (Å²) in [4.78, 5) is 2.54. The van der Waals surface area contributed by atoms with Crippen molar-refractivity contribution in [2.45, 2.75) is 32.9 Å². The van der Waals surface area contributed by atoms with Crippen LogP contribution in [0.2, 0.25) is 5.02 Å². The lowest BCUT2D eigenvalue weighted by Gasteiger charge is -2.26. The lowest BCUT2D eigenvalue weighted by molar-refractivity contribution is 0.238.